The minimum atomic E-state index is -1.35. The first-order valence-electron chi connectivity index (χ1n) is 8.79. The van der Waals surface area contributed by atoms with Gasteiger partial charge in [0.15, 0.2) is 11.2 Å². The van der Waals surface area contributed by atoms with Gasteiger partial charge < -0.3 is 24.5 Å². The van der Waals surface area contributed by atoms with Crippen LogP contribution in [0, 0.1) is 0 Å². The van der Waals surface area contributed by atoms with E-state index in [9.17, 15) is 24.6 Å². The number of imidazole rings is 1. The van der Waals surface area contributed by atoms with Crippen LogP contribution in [0.2, 0.25) is 0 Å². The molecule has 0 aliphatic carbocycles. The second-order valence-electron chi connectivity index (χ2n) is 6.71. The van der Waals surface area contributed by atoms with Crippen LogP contribution >= 0.6 is 0 Å². The fourth-order valence-electron chi connectivity index (χ4n) is 3.53. The Morgan fingerprint density at radius 1 is 1.25 bits per heavy atom. The van der Waals surface area contributed by atoms with Gasteiger partial charge in [-0.15, -0.1) is 0 Å². The van der Waals surface area contributed by atoms with Crippen LogP contribution in [0.5, 0.6) is 0 Å². The quantitative estimate of drug-likeness (QED) is 0.583. The molecule has 0 amide bonds. The molecule has 1 aliphatic rings. The van der Waals surface area contributed by atoms with Gasteiger partial charge in [0.2, 0.25) is 5.95 Å². The highest BCUT2D eigenvalue weighted by Gasteiger charge is 2.30. The Bertz CT molecular complexity index is 1180. The number of β-amino-alcohol motifs (C(OH)–C–C–N with tert-alkyl or cyclic N) is 1. The molecule has 1 atom stereocenters. The van der Waals surface area contributed by atoms with E-state index in [2.05, 4.69) is 4.98 Å². The molecule has 0 saturated carbocycles. The number of aryl methyl sites for hydroxylation is 1. The lowest BCUT2D eigenvalue weighted by Crippen LogP contribution is -2.42. The highest BCUT2D eigenvalue weighted by molar-refractivity contribution is 5.77. The smallest absolute Gasteiger partial charge is 0.332 e. The summed E-state index contributed by atoms with van der Waals surface area (Å²) in [6.45, 7) is 0.137. The number of hydrogen-bond donors (Lipinski definition) is 1. The summed E-state index contributed by atoms with van der Waals surface area (Å²) in [5.41, 5.74) is -0.166. The first-order chi connectivity index (χ1) is 13.4. The predicted octanol–water partition coefficient (Wildman–Crippen LogP) is -1.45. The molecule has 28 heavy (non-hydrogen) atoms. The van der Waals surface area contributed by atoms with Crippen LogP contribution in [-0.2, 0) is 24.9 Å². The Hall–Kier alpha value is -3.40. The third-order valence-electron chi connectivity index (χ3n) is 4.85. The SMILES string of the molecule is Cn1c(=O)n(CCC(=O)[O-])c(=O)c2c1nc1n2C[C@H](O)CN1c1ccccc1. The molecule has 0 radical (unpaired) electrons. The third kappa shape index (κ3) is 2.78. The number of carboxylic acids is 1. The number of aliphatic carboxylic acids is 1. The molecule has 10 heteroatoms. The zero-order chi connectivity index (χ0) is 20.0. The normalized spacial score (nSPS) is 16.4. The van der Waals surface area contributed by atoms with E-state index in [4.69, 9.17) is 0 Å². The second kappa shape index (κ2) is 6.64. The van der Waals surface area contributed by atoms with Gasteiger partial charge in [-0.2, -0.15) is 4.98 Å². The molecular weight excluding hydrogens is 366 g/mol. The van der Waals surface area contributed by atoms with E-state index in [1.165, 1.54) is 11.6 Å². The largest absolute Gasteiger partial charge is 0.550 e. The van der Waals surface area contributed by atoms with Gasteiger partial charge in [-0.25, -0.2) is 4.79 Å². The number of rotatable bonds is 4. The van der Waals surface area contributed by atoms with E-state index in [0.717, 1.165) is 10.3 Å². The van der Waals surface area contributed by atoms with Gasteiger partial charge in [0.1, 0.15) is 0 Å². The van der Waals surface area contributed by atoms with E-state index >= 15 is 0 Å². The number of carbonyl (C=O) groups excluding carboxylic acids is 1. The molecule has 1 N–H and O–H groups in total. The molecule has 0 spiro atoms. The molecule has 0 unspecified atom stereocenters. The molecule has 0 fully saturated rings. The lowest BCUT2D eigenvalue weighted by molar-refractivity contribution is -0.305. The first kappa shape index (κ1) is 18.0. The number of fused-ring (bicyclic) bond motifs is 3. The van der Waals surface area contributed by atoms with E-state index in [1.807, 2.05) is 30.3 Å². The van der Waals surface area contributed by atoms with Crippen molar-refractivity contribution in [1.29, 1.82) is 0 Å². The van der Waals surface area contributed by atoms with Crippen molar-refractivity contribution >= 4 is 28.8 Å². The monoisotopic (exact) mass is 384 g/mol. The van der Waals surface area contributed by atoms with Gasteiger partial charge in [0.05, 0.1) is 19.2 Å². The van der Waals surface area contributed by atoms with E-state index < -0.39 is 29.7 Å². The summed E-state index contributed by atoms with van der Waals surface area (Å²) in [5, 5.41) is 21.1. The highest BCUT2D eigenvalue weighted by Crippen LogP contribution is 2.30. The molecule has 2 aromatic heterocycles. The molecule has 10 nitrogen and oxygen atoms in total. The molecule has 146 valence electrons. The summed E-state index contributed by atoms with van der Waals surface area (Å²) in [6.07, 6.45) is -1.21. The fourth-order valence-corrected chi connectivity index (χ4v) is 3.53. The van der Waals surface area contributed by atoms with Gasteiger partial charge in [0, 0.05) is 31.7 Å². The van der Waals surface area contributed by atoms with Gasteiger partial charge in [-0.3, -0.25) is 13.9 Å². The number of hydrogen-bond acceptors (Lipinski definition) is 7. The minimum Gasteiger partial charge on any atom is -0.550 e. The molecule has 3 heterocycles. The van der Waals surface area contributed by atoms with Crippen molar-refractivity contribution in [2.75, 3.05) is 11.4 Å². The minimum absolute atomic E-state index is 0.142. The standard InChI is InChI=1S/C18H19N5O5/c1-20-15-14(16(27)21(18(20)28)8-7-13(25)26)23-10-12(24)9-22(17(23)19-15)11-5-3-2-4-6-11/h2-6,12,24H,7-10H2,1H3,(H,25,26)/p-1/t12-/m1/s1. The van der Waals surface area contributed by atoms with Crippen molar-refractivity contribution in [1.82, 2.24) is 18.7 Å². The van der Waals surface area contributed by atoms with Crippen LogP contribution in [0.4, 0.5) is 11.6 Å². The summed E-state index contributed by atoms with van der Waals surface area (Å²) < 4.78 is 3.65. The van der Waals surface area contributed by atoms with E-state index in [0.29, 0.717) is 12.5 Å². The van der Waals surface area contributed by atoms with Gasteiger partial charge >= 0.3 is 5.69 Å². The van der Waals surface area contributed by atoms with Crippen LogP contribution in [0.3, 0.4) is 0 Å². The van der Waals surface area contributed by atoms with Gasteiger partial charge in [0.25, 0.3) is 5.56 Å². The molecule has 0 bridgehead atoms. The molecule has 3 aromatic rings. The number of para-hydroxylation sites is 1. The van der Waals surface area contributed by atoms with Crippen molar-refractivity contribution in [3.05, 3.63) is 51.2 Å². The van der Waals surface area contributed by atoms with Crippen molar-refractivity contribution < 1.29 is 15.0 Å². The summed E-state index contributed by atoms with van der Waals surface area (Å²) in [5.74, 6) is -0.911. The number of carboxylic acid groups (broad SMARTS) is 1. The maximum absolute atomic E-state index is 13.0. The molecule has 1 aromatic carbocycles. The van der Waals surface area contributed by atoms with Gasteiger partial charge in [-0.1, -0.05) is 18.2 Å². The van der Waals surface area contributed by atoms with Crippen molar-refractivity contribution in [3.63, 3.8) is 0 Å². The average molecular weight is 384 g/mol. The van der Waals surface area contributed by atoms with Crippen molar-refractivity contribution in [2.45, 2.75) is 25.6 Å². The number of aliphatic hydroxyl groups excluding tert-OH is 1. The summed E-state index contributed by atoms with van der Waals surface area (Å²) in [4.78, 5) is 42.6. The molecule has 0 saturated heterocycles. The predicted molar refractivity (Wildman–Crippen MR) is 98.3 cm³/mol. The number of carbonyl (C=O) groups is 1. The number of anilines is 2. The van der Waals surface area contributed by atoms with Crippen molar-refractivity contribution in [2.24, 2.45) is 7.05 Å². The van der Waals surface area contributed by atoms with Crippen LogP contribution in [-0.4, -0.2) is 42.4 Å². The lowest BCUT2D eigenvalue weighted by Gasteiger charge is -2.32. The van der Waals surface area contributed by atoms with Crippen molar-refractivity contribution in [3.8, 4) is 0 Å². The Balaban J connectivity index is 1.96. The van der Waals surface area contributed by atoms with Crippen LogP contribution in [0.1, 0.15) is 6.42 Å². The summed E-state index contributed by atoms with van der Waals surface area (Å²) in [6, 6.07) is 9.29. The highest BCUT2D eigenvalue weighted by atomic mass is 16.4. The maximum atomic E-state index is 13.0. The number of benzene rings is 1. The number of aliphatic hydroxyl groups is 1. The molecule has 1 aliphatic heterocycles. The Kier molecular flexibility index (Phi) is 4.27. The Morgan fingerprint density at radius 2 is 1.96 bits per heavy atom. The summed E-state index contributed by atoms with van der Waals surface area (Å²) >= 11 is 0. The Labute approximate surface area is 158 Å². The third-order valence-corrected chi connectivity index (χ3v) is 4.85. The van der Waals surface area contributed by atoms with Gasteiger partial charge in [-0.05, 0) is 12.1 Å². The fraction of sp³-hybridized carbons (Fsp3) is 0.333. The lowest BCUT2D eigenvalue weighted by atomic mass is 10.2. The van der Waals surface area contributed by atoms with E-state index in [1.54, 1.807) is 9.47 Å². The summed E-state index contributed by atoms with van der Waals surface area (Å²) in [7, 11) is 1.47. The zero-order valence-electron chi connectivity index (χ0n) is 15.1. The second-order valence-corrected chi connectivity index (χ2v) is 6.71. The Morgan fingerprint density at radius 3 is 2.64 bits per heavy atom. The zero-order valence-corrected chi connectivity index (χ0v) is 15.1. The number of aromatic nitrogens is 4. The average Bonchev–Trinajstić information content (AvgIpc) is 3.05. The number of nitrogens with zero attached hydrogens (tertiary/aromatic N) is 5. The van der Waals surface area contributed by atoms with Crippen LogP contribution < -0.4 is 21.3 Å². The molecular formula is C18H18N5O5-. The van der Waals surface area contributed by atoms with Crippen LogP contribution in [0.25, 0.3) is 11.2 Å². The topological polar surface area (TPSA) is 125 Å². The van der Waals surface area contributed by atoms with Crippen LogP contribution in [0.15, 0.2) is 39.9 Å². The first-order valence-corrected chi connectivity index (χ1v) is 8.79. The molecule has 4 rings (SSSR count). The maximum Gasteiger partial charge on any atom is 0.332 e. The van der Waals surface area contributed by atoms with E-state index in [-0.39, 0.29) is 24.3 Å².